The largest absolute Gasteiger partial charge is 0.507 e. The summed E-state index contributed by atoms with van der Waals surface area (Å²) in [6.45, 7) is -0.356. The number of aromatic hydroxyl groups is 1. The topological polar surface area (TPSA) is 197 Å². The first-order chi connectivity index (χ1) is 15.6. The van der Waals surface area contributed by atoms with Gasteiger partial charge in [0.1, 0.15) is 17.4 Å². The number of para-hydroxylation sites is 1. The summed E-state index contributed by atoms with van der Waals surface area (Å²) in [4.78, 5) is 34.4. The molecular weight excluding hydrogens is 435 g/mol. The Hall–Kier alpha value is -3.45. The van der Waals surface area contributed by atoms with Crippen molar-refractivity contribution >= 4 is 25.0 Å². The van der Waals surface area contributed by atoms with Gasteiger partial charge < -0.3 is 35.8 Å². The van der Waals surface area contributed by atoms with Crippen LogP contribution in [0, 0.1) is 0 Å². The highest BCUT2D eigenvalue weighted by atomic mass is 16.4. The van der Waals surface area contributed by atoms with E-state index in [1.165, 1.54) is 18.2 Å². The molecule has 1 unspecified atom stereocenters. The Morgan fingerprint density at radius 1 is 0.970 bits per heavy atom. The molecule has 0 spiro atoms. The highest BCUT2D eigenvalue weighted by Gasteiger charge is 2.27. The second-order valence-corrected chi connectivity index (χ2v) is 7.36. The molecule has 12 heteroatoms. The monoisotopic (exact) mass is 460 g/mol. The number of aliphatic hydroxyl groups excluding tert-OH is 1. The molecule has 0 aliphatic heterocycles. The van der Waals surface area contributed by atoms with Crippen LogP contribution in [0.4, 0.5) is 0 Å². The molecule has 0 aliphatic carbocycles. The molecule has 0 radical (unpaired) electrons. The smallest absolute Gasteiger partial charge is 0.475 e. The number of hydrogen-bond acceptors (Lipinski definition) is 8. The number of aliphatic carboxylic acids is 1. The predicted octanol–water partition coefficient (Wildman–Crippen LogP) is -1.09. The van der Waals surface area contributed by atoms with Crippen LogP contribution in [0.5, 0.6) is 5.75 Å². The molecule has 0 saturated heterocycles. The van der Waals surface area contributed by atoms with Crippen molar-refractivity contribution in [1.82, 2.24) is 10.6 Å². The van der Waals surface area contributed by atoms with Gasteiger partial charge in [0.15, 0.2) is 0 Å². The lowest BCUT2D eigenvalue weighted by molar-refractivity contribution is -0.140. The van der Waals surface area contributed by atoms with Crippen LogP contribution in [-0.2, 0) is 29.0 Å². The van der Waals surface area contributed by atoms with Crippen molar-refractivity contribution in [2.45, 2.75) is 31.4 Å². The molecule has 0 bridgehead atoms. The molecule has 0 fully saturated rings. The normalized spacial score (nSPS) is 12.6. The molecule has 2 rings (SSSR count). The Balaban J connectivity index is 1.98. The summed E-state index contributed by atoms with van der Waals surface area (Å²) in [5, 5.41) is 61.5. The highest BCUT2D eigenvalue weighted by molar-refractivity contribution is 6.43. The fraction of sp³-hybridized carbons (Fsp3) is 0.286. The molecule has 0 aromatic heterocycles. The quantitative estimate of drug-likeness (QED) is 0.180. The minimum atomic E-state index is -1.95. The molecule has 11 nitrogen and oxygen atoms in total. The summed E-state index contributed by atoms with van der Waals surface area (Å²) >= 11 is 0. The van der Waals surface area contributed by atoms with Gasteiger partial charge in [-0.15, -0.1) is 0 Å². The zero-order chi connectivity index (χ0) is 24.5. The maximum atomic E-state index is 12.4. The van der Waals surface area contributed by atoms with Crippen LogP contribution in [0.15, 0.2) is 42.5 Å². The molecule has 176 valence electrons. The van der Waals surface area contributed by atoms with E-state index >= 15 is 0 Å². The number of carboxylic acids is 2. The maximum Gasteiger partial charge on any atom is 0.475 e. The van der Waals surface area contributed by atoms with Gasteiger partial charge in [-0.1, -0.05) is 36.4 Å². The van der Waals surface area contributed by atoms with Crippen LogP contribution >= 0.6 is 0 Å². The molecule has 1 amide bonds. The van der Waals surface area contributed by atoms with Crippen LogP contribution < -0.4 is 10.6 Å². The van der Waals surface area contributed by atoms with E-state index in [1.807, 2.05) is 0 Å². The number of carbonyl (C=O) groups excluding carboxylic acids is 1. The average Bonchev–Trinajstić information content (AvgIpc) is 2.75. The van der Waals surface area contributed by atoms with Gasteiger partial charge in [0.2, 0.25) is 5.91 Å². The fourth-order valence-electron chi connectivity index (χ4n) is 3.09. The molecule has 2 aromatic rings. The molecule has 33 heavy (non-hydrogen) atoms. The van der Waals surface area contributed by atoms with Gasteiger partial charge in [0.25, 0.3) is 0 Å². The van der Waals surface area contributed by atoms with Gasteiger partial charge in [0, 0.05) is 6.54 Å². The van der Waals surface area contributed by atoms with Crippen molar-refractivity contribution in [3.05, 3.63) is 64.7 Å². The van der Waals surface area contributed by atoms with Crippen molar-refractivity contribution in [3.8, 4) is 5.75 Å². The van der Waals surface area contributed by atoms with E-state index in [9.17, 15) is 29.5 Å². The van der Waals surface area contributed by atoms with Gasteiger partial charge >= 0.3 is 19.1 Å². The van der Waals surface area contributed by atoms with Crippen molar-refractivity contribution in [2.24, 2.45) is 0 Å². The minimum Gasteiger partial charge on any atom is -0.507 e. The van der Waals surface area contributed by atoms with Gasteiger partial charge in [-0.25, -0.2) is 4.79 Å². The zero-order valence-electron chi connectivity index (χ0n) is 17.5. The van der Waals surface area contributed by atoms with Crippen LogP contribution in [0.2, 0.25) is 0 Å². The number of aromatic carboxylic acids is 1. The molecule has 8 N–H and O–H groups in total. The van der Waals surface area contributed by atoms with Crippen molar-refractivity contribution in [2.75, 3.05) is 6.61 Å². The summed E-state index contributed by atoms with van der Waals surface area (Å²) < 4.78 is 0. The number of amides is 1. The second-order valence-electron chi connectivity index (χ2n) is 7.36. The summed E-state index contributed by atoms with van der Waals surface area (Å²) in [7, 11) is -1.95. The lowest BCUT2D eigenvalue weighted by Crippen LogP contribution is -2.48. The summed E-state index contributed by atoms with van der Waals surface area (Å²) in [6, 6.07) is 9.59. The third kappa shape index (κ3) is 7.58. The maximum absolute atomic E-state index is 12.4. The summed E-state index contributed by atoms with van der Waals surface area (Å²) in [5.41, 5.74) is 1.13. The number of nitrogens with one attached hydrogen (secondary N) is 2. The lowest BCUT2D eigenvalue weighted by atomic mass is 9.75. The predicted molar refractivity (Wildman–Crippen MR) is 116 cm³/mol. The van der Waals surface area contributed by atoms with Crippen LogP contribution in [0.1, 0.15) is 27.0 Å². The van der Waals surface area contributed by atoms with Crippen LogP contribution in [0.3, 0.4) is 0 Å². The van der Waals surface area contributed by atoms with E-state index in [0.29, 0.717) is 5.56 Å². The van der Waals surface area contributed by atoms with E-state index in [1.54, 1.807) is 24.3 Å². The fourth-order valence-corrected chi connectivity index (χ4v) is 3.09. The number of benzene rings is 2. The van der Waals surface area contributed by atoms with E-state index in [4.69, 9.17) is 15.3 Å². The number of rotatable bonds is 12. The van der Waals surface area contributed by atoms with E-state index in [0.717, 1.165) is 5.56 Å². The average molecular weight is 460 g/mol. The Bertz CT molecular complexity index is 982. The first kappa shape index (κ1) is 25.8. The Morgan fingerprint density at radius 2 is 1.61 bits per heavy atom. The summed E-state index contributed by atoms with van der Waals surface area (Å²) in [6.07, 6.45) is -0.303. The third-order valence-electron chi connectivity index (χ3n) is 4.92. The second kappa shape index (κ2) is 12.0. The SMILES string of the molecule is O=C(Cc1ccc(CNC(CO)C(=O)O)cc1)N[C@@H](Cc1cccc(C(=O)O)c1O)B(O)O. The van der Waals surface area contributed by atoms with Gasteiger partial charge in [-0.3, -0.25) is 14.9 Å². The third-order valence-corrected chi connectivity index (χ3v) is 4.92. The number of hydrogen-bond donors (Lipinski definition) is 8. The number of carbonyl (C=O) groups is 3. The first-order valence-corrected chi connectivity index (χ1v) is 9.96. The lowest BCUT2D eigenvalue weighted by Gasteiger charge is -2.19. The van der Waals surface area contributed by atoms with Crippen LogP contribution in [0.25, 0.3) is 0 Å². The van der Waals surface area contributed by atoms with Gasteiger partial charge in [-0.2, -0.15) is 0 Å². The number of carboxylic acid groups (broad SMARTS) is 2. The van der Waals surface area contributed by atoms with Crippen LogP contribution in [-0.4, -0.2) is 74.0 Å². The van der Waals surface area contributed by atoms with Gasteiger partial charge in [0.05, 0.1) is 19.0 Å². The molecule has 0 saturated carbocycles. The zero-order valence-corrected chi connectivity index (χ0v) is 17.5. The molecule has 2 aromatic carbocycles. The number of aliphatic hydroxyl groups is 1. The molecule has 2 atom stereocenters. The van der Waals surface area contributed by atoms with Crippen molar-refractivity contribution in [3.63, 3.8) is 0 Å². The first-order valence-electron chi connectivity index (χ1n) is 9.96. The Labute approximate surface area is 189 Å². The van der Waals surface area contributed by atoms with Crippen molar-refractivity contribution < 1.29 is 44.9 Å². The molecule has 0 heterocycles. The standard InChI is InChI=1S/C21H25BN2O9/c25-11-16(21(30)31)23-10-13-6-4-12(5-7-13)8-18(26)24-17(22(32)33)9-14-2-1-3-15(19(14)27)20(28)29/h1-7,16-17,23,25,27,32-33H,8-11H2,(H,24,26)(H,28,29)(H,30,31)/t16?,17-/m0/s1. The van der Waals surface area contributed by atoms with E-state index in [-0.39, 0.29) is 30.5 Å². The van der Waals surface area contributed by atoms with E-state index < -0.39 is 49.3 Å². The van der Waals surface area contributed by atoms with Gasteiger partial charge in [-0.05, 0) is 29.2 Å². The van der Waals surface area contributed by atoms with Crippen molar-refractivity contribution in [1.29, 1.82) is 0 Å². The summed E-state index contributed by atoms with van der Waals surface area (Å²) in [5.74, 6) is -4.75. The Morgan fingerprint density at radius 3 is 2.15 bits per heavy atom. The minimum absolute atomic E-state index is 0.0908. The molecular formula is C21H25BN2O9. The number of phenols is 1. The van der Waals surface area contributed by atoms with E-state index in [2.05, 4.69) is 10.6 Å². The molecule has 0 aliphatic rings. The Kier molecular flexibility index (Phi) is 9.36. The highest BCUT2D eigenvalue weighted by Crippen LogP contribution is 2.24.